The second-order valence-corrected chi connectivity index (χ2v) is 12.6. The lowest BCUT2D eigenvalue weighted by Gasteiger charge is -2.12. The van der Waals surface area contributed by atoms with Gasteiger partial charge in [-0.25, -0.2) is 9.97 Å². The van der Waals surface area contributed by atoms with Crippen molar-refractivity contribution in [2.45, 2.75) is 0 Å². The molecule has 0 fully saturated rings. The number of aromatic nitrogens is 2. The minimum atomic E-state index is 0.722. The molecule has 0 saturated carbocycles. The molecule has 9 rings (SSSR count). The van der Waals surface area contributed by atoms with Crippen LogP contribution in [0.2, 0.25) is 0 Å². The topological polar surface area (TPSA) is 25.8 Å². The minimum absolute atomic E-state index is 0.722. The number of benzene rings is 8. The van der Waals surface area contributed by atoms with E-state index in [1.165, 1.54) is 44.3 Å². The third-order valence-corrected chi connectivity index (χ3v) is 9.47. The highest BCUT2D eigenvalue weighted by Crippen LogP contribution is 2.36. The average Bonchev–Trinajstić information content (AvgIpc) is 3.21. The molecular weight excluding hydrogens is 605 g/mol. The molecule has 0 spiro atoms. The van der Waals surface area contributed by atoms with Gasteiger partial charge in [-0.1, -0.05) is 170 Å². The third kappa shape index (κ3) is 5.63. The second-order valence-electron chi connectivity index (χ2n) is 12.6. The van der Waals surface area contributed by atoms with Crippen molar-refractivity contribution in [1.29, 1.82) is 0 Å². The molecule has 8 aromatic carbocycles. The second kappa shape index (κ2) is 12.8. The number of nitrogens with zero attached hydrogens (tertiary/aromatic N) is 2. The van der Waals surface area contributed by atoms with Gasteiger partial charge in [-0.05, 0) is 79.5 Å². The Morgan fingerprint density at radius 2 is 0.720 bits per heavy atom. The fourth-order valence-corrected chi connectivity index (χ4v) is 6.91. The molecule has 234 valence electrons. The maximum absolute atomic E-state index is 5.19. The fourth-order valence-electron chi connectivity index (χ4n) is 6.91. The molecule has 0 unspecified atom stereocenters. The third-order valence-electron chi connectivity index (χ3n) is 9.47. The van der Waals surface area contributed by atoms with Gasteiger partial charge in [0.25, 0.3) is 0 Å². The molecule has 0 bridgehead atoms. The Kier molecular flexibility index (Phi) is 7.53. The van der Waals surface area contributed by atoms with Crippen molar-refractivity contribution in [2.24, 2.45) is 0 Å². The number of hydrogen-bond donors (Lipinski definition) is 0. The summed E-state index contributed by atoms with van der Waals surface area (Å²) in [6.07, 6.45) is 0. The highest BCUT2D eigenvalue weighted by atomic mass is 14.9. The standard InChI is InChI=1S/C48H32N2/c1-3-12-33(13-4-1)38-17-9-19-40(30-38)42-21-11-22-43(32-42)41-20-10-18-39(31-41)34-24-26-37(27-25-34)48-49-45-29-28-35-14-7-8-23-44(35)46(45)47(50-48)36-15-5-2-6-16-36/h1-32H. The first-order valence-electron chi connectivity index (χ1n) is 17.0. The van der Waals surface area contributed by atoms with Crippen LogP contribution in [0.3, 0.4) is 0 Å². The minimum Gasteiger partial charge on any atom is -0.228 e. The summed E-state index contributed by atoms with van der Waals surface area (Å²) in [5.41, 5.74) is 13.5. The molecule has 0 aliphatic heterocycles. The van der Waals surface area contributed by atoms with Gasteiger partial charge >= 0.3 is 0 Å². The Labute approximate surface area is 292 Å². The molecule has 0 aliphatic carbocycles. The number of rotatable bonds is 6. The van der Waals surface area contributed by atoms with Gasteiger partial charge < -0.3 is 0 Å². The molecule has 0 amide bonds. The summed E-state index contributed by atoms with van der Waals surface area (Å²) in [6.45, 7) is 0. The maximum Gasteiger partial charge on any atom is 0.160 e. The van der Waals surface area contributed by atoms with E-state index < -0.39 is 0 Å². The van der Waals surface area contributed by atoms with Gasteiger partial charge in [-0.15, -0.1) is 0 Å². The lowest BCUT2D eigenvalue weighted by atomic mass is 9.94. The molecule has 2 nitrogen and oxygen atoms in total. The van der Waals surface area contributed by atoms with Gasteiger partial charge in [0.1, 0.15) is 0 Å². The molecule has 0 atom stereocenters. The lowest BCUT2D eigenvalue weighted by Crippen LogP contribution is -1.96. The van der Waals surface area contributed by atoms with E-state index in [2.05, 4.69) is 188 Å². The van der Waals surface area contributed by atoms with Crippen LogP contribution in [0, 0.1) is 0 Å². The van der Waals surface area contributed by atoms with Crippen LogP contribution in [0.5, 0.6) is 0 Å². The fraction of sp³-hybridized carbons (Fsp3) is 0. The molecule has 2 heteroatoms. The summed E-state index contributed by atoms with van der Waals surface area (Å²) in [5, 5.41) is 3.43. The van der Waals surface area contributed by atoms with Gasteiger partial charge in [0, 0.05) is 16.5 Å². The molecule has 1 heterocycles. The van der Waals surface area contributed by atoms with Crippen LogP contribution in [0.1, 0.15) is 0 Å². The summed E-state index contributed by atoms with van der Waals surface area (Å²) in [4.78, 5) is 10.3. The van der Waals surface area contributed by atoms with Crippen LogP contribution >= 0.6 is 0 Å². The van der Waals surface area contributed by atoms with E-state index in [1.807, 2.05) is 6.07 Å². The van der Waals surface area contributed by atoms with Crippen LogP contribution in [-0.2, 0) is 0 Å². The Morgan fingerprint density at radius 3 is 1.30 bits per heavy atom. The molecule has 0 N–H and O–H groups in total. The molecule has 0 radical (unpaired) electrons. The average molecular weight is 637 g/mol. The van der Waals surface area contributed by atoms with Crippen LogP contribution in [0.15, 0.2) is 194 Å². The van der Waals surface area contributed by atoms with Gasteiger partial charge in [0.15, 0.2) is 5.82 Å². The van der Waals surface area contributed by atoms with Crippen molar-refractivity contribution >= 4 is 21.7 Å². The zero-order valence-electron chi connectivity index (χ0n) is 27.4. The summed E-state index contributed by atoms with van der Waals surface area (Å²) >= 11 is 0. The largest absolute Gasteiger partial charge is 0.228 e. The molecule has 50 heavy (non-hydrogen) atoms. The normalized spacial score (nSPS) is 11.2. The SMILES string of the molecule is c1ccc(-c2cccc(-c3cccc(-c4cccc(-c5ccc(-c6nc(-c7ccccc7)c7c(ccc8ccccc87)n6)cc5)c4)c3)c2)cc1. The van der Waals surface area contributed by atoms with Crippen molar-refractivity contribution in [3.8, 4) is 67.2 Å². The van der Waals surface area contributed by atoms with Gasteiger partial charge in [-0.3, -0.25) is 0 Å². The van der Waals surface area contributed by atoms with Crippen molar-refractivity contribution in [1.82, 2.24) is 9.97 Å². The van der Waals surface area contributed by atoms with E-state index in [4.69, 9.17) is 9.97 Å². The van der Waals surface area contributed by atoms with E-state index in [0.717, 1.165) is 44.5 Å². The van der Waals surface area contributed by atoms with E-state index >= 15 is 0 Å². The quantitative estimate of drug-likeness (QED) is 0.170. The van der Waals surface area contributed by atoms with Crippen LogP contribution < -0.4 is 0 Å². The lowest BCUT2D eigenvalue weighted by molar-refractivity contribution is 1.23. The van der Waals surface area contributed by atoms with Gasteiger partial charge in [-0.2, -0.15) is 0 Å². The predicted octanol–water partition coefficient (Wildman–Crippen LogP) is 12.8. The highest BCUT2D eigenvalue weighted by Gasteiger charge is 2.14. The van der Waals surface area contributed by atoms with Crippen molar-refractivity contribution in [2.75, 3.05) is 0 Å². The Balaban J connectivity index is 1.05. The Hall–Kier alpha value is -6.64. The van der Waals surface area contributed by atoms with Crippen LogP contribution in [0.4, 0.5) is 0 Å². The van der Waals surface area contributed by atoms with Crippen LogP contribution in [-0.4, -0.2) is 9.97 Å². The van der Waals surface area contributed by atoms with Crippen molar-refractivity contribution in [3.63, 3.8) is 0 Å². The molecule has 0 saturated heterocycles. The van der Waals surface area contributed by atoms with Gasteiger partial charge in [0.2, 0.25) is 0 Å². The Bertz CT molecular complexity index is 2620. The summed E-state index contributed by atoms with van der Waals surface area (Å²) in [6, 6.07) is 68.7. The molecule has 9 aromatic rings. The zero-order chi connectivity index (χ0) is 33.3. The summed E-state index contributed by atoms with van der Waals surface area (Å²) < 4.78 is 0. The smallest absolute Gasteiger partial charge is 0.160 e. The zero-order valence-corrected chi connectivity index (χ0v) is 27.4. The van der Waals surface area contributed by atoms with E-state index in [-0.39, 0.29) is 0 Å². The maximum atomic E-state index is 5.19. The van der Waals surface area contributed by atoms with Crippen molar-refractivity contribution in [3.05, 3.63) is 194 Å². The summed E-state index contributed by atoms with van der Waals surface area (Å²) in [5.74, 6) is 0.722. The van der Waals surface area contributed by atoms with E-state index in [0.29, 0.717) is 0 Å². The van der Waals surface area contributed by atoms with E-state index in [1.54, 1.807) is 0 Å². The summed E-state index contributed by atoms with van der Waals surface area (Å²) in [7, 11) is 0. The van der Waals surface area contributed by atoms with Gasteiger partial charge in [0.05, 0.1) is 11.2 Å². The molecular formula is C48H32N2. The molecule has 1 aromatic heterocycles. The first-order chi connectivity index (χ1) is 24.8. The number of hydrogen-bond acceptors (Lipinski definition) is 2. The number of fused-ring (bicyclic) bond motifs is 3. The van der Waals surface area contributed by atoms with Crippen molar-refractivity contribution < 1.29 is 0 Å². The Morgan fingerprint density at radius 1 is 0.280 bits per heavy atom. The van der Waals surface area contributed by atoms with E-state index in [9.17, 15) is 0 Å². The molecule has 0 aliphatic rings. The predicted molar refractivity (Wildman–Crippen MR) is 210 cm³/mol. The first-order valence-corrected chi connectivity index (χ1v) is 17.0. The first kappa shape index (κ1) is 29.5. The highest BCUT2D eigenvalue weighted by molar-refractivity contribution is 6.12. The van der Waals surface area contributed by atoms with Crippen LogP contribution in [0.25, 0.3) is 88.8 Å². The monoisotopic (exact) mass is 636 g/mol.